The maximum Gasteiger partial charge on any atom is 0.0951 e. The minimum absolute atomic E-state index is 0.396. The monoisotopic (exact) mass is 237 g/mol. The molecule has 1 aliphatic heterocycles. The summed E-state index contributed by atoms with van der Waals surface area (Å²) >= 11 is 0. The number of rotatable bonds is 6. The molecule has 0 bridgehead atoms. The van der Waals surface area contributed by atoms with Crippen LogP contribution in [0.3, 0.4) is 0 Å². The zero-order valence-electron chi connectivity index (χ0n) is 11.0. The maximum atomic E-state index is 5.60. The molecule has 0 spiro atoms. The Kier molecular flexibility index (Phi) is 4.18. The fraction of sp³-hybridized carbons (Fsp3) is 0.769. The van der Waals surface area contributed by atoms with Gasteiger partial charge >= 0.3 is 0 Å². The zero-order valence-corrected chi connectivity index (χ0v) is 11.0. The second-order valence-electron chi connectivity index (χ2n) is 5.05. The van der Waals surface area contributed by atoms with Gasteiger partial charge in [0.15, 0.2) is 0 Å². The Hall–Kier alpha value is -0.870. The molecule has 1 aromatic rings. The lowest BCUT2D eigenvalue weighted by atomic mass is 9.97. The molecule has 96 valence electrons. The van der Waals surface area contributed by atoms with Gasteiger partial charge in [0.05, 0.1) is 19.0 Å². The third kappa shape index (κ3) is 2.69. The summed E-state index contributed by atoms with van der Waals surface area (Å²) in [6, 6.07) is 0.396. The van der Waals surface area contributed by atoms with Crippen LogP contribution in [0.4, 0.5) is 0 Å². The van der Waals surface area contributed by atoms with Crippen molar-refractivity contribution in [3.8, 4) is 0 Å². The number of aromatic nitrogens is 2. The molecule has 4 heteroatoms. The van der Waals surface area contributed by atoms with E-state index in [1.54, 1.807) is 0 Å². The van der Waals surface area contributed by atoms with Crippen molar-refractivity contribution in [1.29, 1.82) is 0 Å². The van der Waals surface area contributed by atoms with Crippen LogP contribution < -0.4 is 5.32 Å². The molecule has 2 heterocycles. The van der Waals surface area contributed by atoms with E-state index in [0.29, 0.717) is 17.9 Å². The Labute approximate surface area is 103 Å². The van der Waals surface area contributed by atoms with E-state index in [2.05, 4.69) is 28.7 Å². The summed E-state index contributed by atoms with van der Waals surface area (Å²) in [6.07, 6.45) is 3.96. The Morgan fingerprint density at radius 2 is 2.29 bits per heavy atom. The first-order valence-corrected chi connectivity index (χ1v) is 6.54. The average Bonchev–Trinajstić information content (AvgIpc) is 2.65. The lowest BCUT2D eigenvalue weighted by molar-refractivity contribution is 0.0944. The molecule has 0 saturated carbocycles. The molecule has 1 aromatic heterocycles. The molecule has 1 atom stereocenters. The fourth-order valence-corrected chi connectivity index (χ4v) is 2.24. The van der Waals surface area contributed by atoms with Gasteiger partial charge in [0, 0.05) is 37.5 Å². The van der Waals surface area contributed by atoms with E-state index in [9.17, 15) is 0 Å². The van der Waals surface area contributed by atoms with Gasteiger partial charge in [-0.25, -0.2) is 4.98 Å². The van der Waals surface area contributed by atoms with Crippen LogP contribution in [0.5, 0.6) is 0 Å². The number of nitrogens with one attached hydrogen (secondary N) is 1. The molecule has 0 amide bonds. The van der Waals surface area contributed by atoms with Crippen molar-refractivity contribution < 1.29 is 4.74 Å². The molecular weight excluding hydrogens is 214 g/mol. The molecule has 1 N–H and O–H groups in total. The van der Waals surface area contributed by atoms with Crippen molar-refractivity contribution in [1.82, 2.24) is 14.9 Å². The second-order valence-corrected chi connectivity index (χ2v) is 5.05. The molecular formula is C13H23N3O. The van der Waals surface area contributed by atoms with Crippen molar-refractivity contribution in [3.05, 3.63) is 18.2 Å². The van der Waals surface area contributed by atoms with Gasteiger partial charge in [-0.05, 0) is 12.8 Å². The second kappa shape index (κ2) is 5.65. The summed E-state index contributed by atoms with van der Waals surface area (Å²) in [5.74, 6) is 1.18. The highest BCUT2D eigenvalue weighted by Crippen LogP contribution is 2.26. The number of nitrogens with zero attached hydrogens (tertiary/aromatic N) is 2. The van der Waals surface area contributed by atoms with Crippen molar-refractivity contribution in [2.45, 2.75) is 32.7 Å². The lowest BCUT2D eigenvalue weighted by Gasteiger charge is -2.31. The minimum Gasteiger partial charge on any atom is -0.380 e. The molecule has 1 unspecified atom stereocenters. The van der Waals surface area contributed by atoms with E-state index >= 15 is 0 Å². The van der Waals surface area contributed by atoms with Gasteiger partial charge in [-0.1, -0.05) is 13.8 Å². The smallest absolute Gasteiger partial charge is 0.0951 e. The van der Waals surface area contributed by atoms with Crippen LogP contribution in [-0.4, -0.2) is 35.9 Å². The zero-order chi connectivity index (χ0) is 12.3. The summed E-state index contributed by atoms with van der Waals surface area (Å²) in [6.45, 7) is 10.2. The van der Waals surface area contributed by atoms with Crippen LogP contribution in [0.15, 0.2) is 12.5 Å². The fourth-order valence-electron chi connectivity index (χ4n) is 2.24. The summed E-state index contributed by atoms with van der Waals surface area (Å²) in [4.78, 5) is 4.32. The molecule has 0 aliphatic carbocycles. The van der Waals surface area contributed by atoms with Crippen molar-refractivity contribution >= 4 is 0 Å². The van der Waals surface area contributed by atoms with E-state index in [-0.39, 0.29) is 0 Å². The Balaban J connectivity index is 2.13. The number of hydrogen-bond acceptors (Lipinski definition) is 3. The van der Waals surface area contributed by atoms with Gasteiger partial charge in [-0.15, -0.1) is 0 Å². The Morgan fingerprint density at radius 3 is 2.82 bits per heavy atom. The standard InChI is InChI=1S/C13H23N3O/c1-4-17-8-13(10(2)3)16-9-15-7-12(16)11-5-14-6-11/h7,9-11,13-14H,4-6,8H2,1-3H3. The third-order valence-corrected chi connectivity index (χ3v) is 3.52. The van der Waals surface area contributed by atoms with E-state index in [1.807, 2.05) is 19.4 Å². The molecule has 1 aliphatic rings. The quantitative estimate of drug-likeness (QED) is 0.820. The van der Waals surface area contributed by atoms with Gasteiger partial charge in [-0.2, -0.15) is 0 Å². The van der Waals surface area contributed by atoms with Crippen LogP contribution in [-0.2, 0) is 4.74 Å². The molecule has 4 nitrogen and oxygen atoms in total. The van der Waals surface area contributed by atoms with Crippen molar-refractivity contribution in [3.63, 3.8) is 0 Å². The first-order chi connectivity index (χ1) is 8.24. The largest absolute Gasteiger partial charge is 0.380 e. The van der Waals surface area contributed by atoms with Crippen LogP contribution in [0.2, 0.25) is 0 Å². The number of imidazole rings is 1. The minimum atomic E-state index is 0.396. The van der Waals surface area contributed by atoms with Crippen LogP contribution in [0, 0.1) is 5.92 Å². The predicted molar refractivity (Wildman–Crippen MR) is 68.2 cm³/mol. The van der Waals surface area contributed by atoms with E-state index in [4.69, 9.17) is 4.74 Å². The first-order valence-electron chi connectivity index (χ1n) is 6.54. The van der Waals surface area contributed by atoms with Crippen LogP contribution >= 0.6 is 0 Å². The van der Waals surface area contributed by atoms with Crippen molar-refractivity contribution in [2.75, 3.05) is 26.3 Å². The van der Waals surface area contributed by atoms with E-state index < -0.39 is 0 Å². The van der Waals surface area contributed by atoms with Crippen LogP contribution in [0.1, 0.15) is 38.4 Å². The highest BCUT2D eigenvalue weighted by Gasteiger charge is 2.26. The SMILES string of the molecule is CCOCC(C(C)C)n1cncc1C1CNC1. The normalized spacial score (nSPS) is 18.4. The molecule has 1 saturated heterocycles. The molecule has 1 fully saturated rings. The van der Waals surface area contributed by atoms with E-state index in [1.165, 1.54) is 5.69 Å². The van der Waals surface area contributed by atoms with Gasteiger partial charge in [-0.3, -0.25) is 0 Å². The Bertz CT molecular complexity index is 344. The summed E-state index contributed by atoms with van der Waals surface area (Å²) in [5, 5.41) is 3.32. The van der Waals surface area contributed by atoms with Gasteiger partial charge in [0.2, 0.25) is 0 Å². The van der Waals surface area contributed by atoms with Gasteiger partial charge in [0.25, 0.3) is 0 Å². The third-order valence-electron chi connectivity index (χ3n) is 3.52. The molecule has 2 rings (SSSR count). The summed E-state index contributed by atoms with van der Waals surface area (Å²) in [7, 11) is 0. The first kappa shape index (κ1) is 12.6. The summed E-state index contributed by atoms with van der Waals surface area (Å²) < 4.78 is 7.91. The van der Waals surface area contributed by atoms with Crippen LogP contribution in [0.25, 0.3) is 0 Å². The molecule has 0 radical (unpaired) electrons. The summed E-state index contributed by atoms with van der Waals surface area (Å²) in [5.41, 5.74) is 1.35. The highest BCUT2D eigenvalue weighted by molar-refractivity contribution is 5.13. The highest BCUT2D eigenvalue weighted by atomic mass is 16.5. The number of hydrogen-bond donors (Lipinski definition) is 1. The predicted octanol–water partition coefficient (Wildman–Crippen LogP) is 1.80. The Morgan fingerprint density at radius 1 is 1.53 bits per heavy atom. The molecule has 17 heavy (non-hydrogen) atoms. The number of ether oxygens (including phenoxy) is 1. The average molecular weight is 237 g/mol. The van der Waals surface area contributed by atoms with Gasteiger partial charge < -0.3 is 14.6 Å². The van der Waals surface area contributed by atoms with E-state index in [0.717, 1.165) is 26.3 Å². The topological polar surface area (TPSA) is 39.1 Å². The van der Waals surface area contributed by atoms with Crippen molar-refractivity contribution in [2.24, 2.45) is 5.92 Å². The van der Waals surface area contributed by atoms with Gasteiger partial charge in [0.1, 0.15) is 0 Å². The molecule has 0 aromatic carbocycles. The lowest BCUT2D eigenvalue weighted by Crippen LogP contribution is -2.41. The maximum absolute atomic E-state index is 5.60.